The van der Waals surface area contributed by atoms with E-state index < -0.39 is 0 Å². The average Bonchev–Trinajstić information content (AvgIpc) is 3.13. The molecule has 0 unspecified atom stereocenters. The molecule has 1 N–H and O–H groups in total. The summed E-state index contributed by atoms with van der Waals surface area (Å²) in [6.45, 7) is 0. The van der Waals surface area contributed by atoms with E-state index in [0.29, 0.717) is 0 Å². The van der Waals surface area contributed by atoms with Gasteiger partial charge >= 0.3 is 0 Å². The van der Waals surface area contributed by atoms with Crippen molar-refractivity contribution < 1.29 is 4.79 Å². The van der Waals surface area contributed by atoms with Gasteiger partial charge in [0.05, 0.1) is 4.88 Å². The minimum atomic E-state index is -0.0426. The summed E-state index contributed by atoms with van der Waals surface area (Å²) in [4.78, 5) is 16.5. The maximum absolute atomic E-state index is 12.1. The van der Waals surface area contributed by atoms with Gasteiger partial charge in [0.1, 0.15) is 0 Å². The predicted octanol–water partition coefficient (Wildman–Crippen LogP) is 5.89. The number of thioether (sulfide) groups is 2. The molecule has 3 rings (SSSR count). The Morgan fingerprint density at radius 1 is 0.880 bits per heavy atom. The highest BCUT2D eigenvalue weighted by molar-refractivity contribution is 7.98. The van der Waals surface area contributed by atoms with Gasteiger partial charge in [-0.15, -0.1) is 34.9 Å². The van der Waals surface area contributed by atoms with Gasteiger partial charge in [-0.05, 0) is 54.0 Å². The van der Waals surface area contributed by atoms with Crippen molar-refractivity contribution in [3.63, 3.8) is 0 Å². The van der Waals surface area contributed by atoms with E-state index >= 15 is 0 Å². The molecule has 128 valence electrons. The van der Waals surface area contributed by atoms with Gasteiger partial charge in [-0.1, -0.05) is 24.3 Å². The molecule has 0 bridgehead atoms. The number of rotatable bonds is 5. The first kappa shape index (κ1) is 18.1. The van der Waals surface area contributed by atoms with Gasteiger partial charge in [0, 0.05) is 27.3 Å². The van der Waals surface area contributed by atoms with Crippen LogP contribution in [0.5, 0.6) is 0 Å². The molecule has 1 heterocycles. The molecule has 0 fully saturated rings. The van der Waals surface area contributed by atoms with E-state index in [2.05, 4.69) is 66.4 Å². The first-order valence-electron chi connectivity index (χ1n) is 7.81. The molecule has 1 amide bonds. The highest BCUT2D eigenvalue weighted by Crippen LogP contribution is 2.40. The van der Waals surface area contributed by atoms with Crippen molar-refractivity contribution >= 4 is 40.8 Å². The summed E-state index contributed by atoms with van der Waals surface area (Å²) in [7, 11) is 1.67. The molecule has 0 aliphatic carbocycles. The molecule has 0 radical (unpaired) electrons. The van der Waals surface area contributed by atoms with Gasteiger partial charge in [-0.3, -0.25) is 4.79 Å². The molecule has 2 nitrogen and oxygen atoms in total. The molecule has 2 aromatic carbocycles. The van der Waals surface area contributed by atoms with Crippen LogP contribution in [-0.2, 0) is 0 Å². The molecule has 0 spiro atoms. The lowest BCUT2D eigenvalue weighted by Gasteiger charge is -2.06. The van der Waals surface area contributed by atoms with E-state index in [0.717, 1.165) is 26.4 Å². The lowest BCUT2D eigenvalue weighted by atomic mass is 10.0. The Hall–Kier alpha value is -1.69. The smallest absolute Gasteiger partial charge is 0.261 e. The number of benzene rings is 2. The number of hydrogen-bond donors (Lipinski definition) is 1. The predicted molar refractivity (Wildman–Crippen MR) is 112 cm³/mol. The van der Waals surface area contributed by atoms with Crippen molar-refractivity contribution in [1.82, 2.24) is 5.32 Å². The lowest BCUT2D eigenvalue weighted by molar-refractivity contribution is 0.0967. The Kier molecular flexibility index (Phi) is 5.89. The van der Waals surface area contributed by atoms with E-state index in [9.17, 15) is 4.79 Å². The largest absolute Gasteiger partial charge is 0.354 e. The van der Waals surface area contributed by atoms with E-state index in [-0.39, 0.29) is 5.91 Å². The fourth-order valence-corrected chi connectivity index (χ4v) is 4.52. The lowest BCUT2D eigenvalue weighted by Crippen LogP contribution is -2.16. The maximum atomic E-state index is 12.1. The minimum Gasteiger partial charge on any atom is -0.354 e. The van der Waals surface area contributed by atoms with Crippen LogP contribution in [0.2, 0.25) is 0 Å². The zero-order valence-corrected chi connectivity index (χ0v) is 16.8. The third kappa shape index (κ3) is 3.94. The fourth-order valence-electron chi connectivity index (χ4n) is 2.57. The first-order chi connectivity index (χ1) is 12.2. The number of nitrogens with one attached hydrogen (secondary N) is 1. The van der Waals surface area contributed by atoms with E-state index in [1.807, 2.05) is 6.07 Å². The van der Waals surface area contributed by atoms with Gasteiger partial charge in [0.2, 0.25) is 0 Å². The van der Waals surface area contributed by atoms with Crippen LogP contribution in [0, 0.1) is 0 Å². The third-order valence-electron chi connectivity index (χ3n) is 3.94. The normalized spacial score (nSPS) is 10.7. The molecule has 0 atom stereocenters. The van der Waals surface area contributed by atoms with Gasteiger partial charge in [-0.2, -0.15) is 0 Å². The number of carbonyl (C=O) groups excluding carboxylic acids is 1. The van der Waals surface area contributed by atoms with Crippen molar-refractivity contribution in [2.75, 3.05) is 19.6 Å². The topological polar surface area (TPSA) is 29.1 Å². The Bertz CT molecular complexity index is 802. The third-order valence-corrected chi connectivity index (χ3v) is 6.61. The molecule has 25 heavy (non-hydrogen) atoms. The Morgan fingerprint density at radius 2 is 1.40 bits per heavy atom. The van der Waals surface area contributed by atoms with Crippen LogP contribution >= 0.6 is 34.9 Å². The Balaban J connectivity index is 2.10. The molecule has 0 aliphatic rings. The molecule has 0 aliphatic heterocycles. The summed E-state index contributed by atoms with van der Waals surface area (Å²) >= 11 is 4.99. The molecular weight excluding hydrogens is 366 g/mol. The van der Waals surface area contributed by atoms with E-state index in [1.165, 1.54) is 21.1 Å². The number of hydrogen-bond acceptors (Lipinski definition) is 4. The maximum Gasteiger partial charge on any atom is 0.261 e. The average molecular weight is 386 g/mol. The monoisotopic (exact) mass is 385 g/mol. The van der Waals surface area contributed by atoms with Crippen LogP contribution in [0.4, 0.5) is 0 Å². The van der Waals surface area contributed by atoms with E-state index in [1.54, 1.807) is 30.6 Å². The number of thiophene rings is 1. The minimum absolute atomic E-state index is 0.0426. The Morgan fingerprint density at radius 3 is 1.88 bits per heavy atom. The van der Waals surface area contributed by atoms with Gasteiger partial charge in [0.15, 0.2) is 0 Å². The van der Waals surface area contributed by atoms with Crippen molar-refractivity contribution in [3.8, 4) is 21.6 Å². The van der Waals surface area contributed by atoms with Crippen LogP contribution in [0.15, 0.2) is 64.4 Å². The quantitative estimate of drug-likeness (QED) is 0.556. The van der Waals surface area contributed by atoms with Gasteiger partial charge in [0.25, 0.3) is 5.91 Å². The summed E-state index contributed by atoms with van der Waals surface area (Å²) < 4.78 is 0. The van der Waals surface area contributed by atoms with Gasteiger partial charge in [-0.25, -0.2) is 0 Å². The highest BCUT2D eigenvalue weighted by atomic mass is 32.2. The fraction of sp³-hybridized carbons (Fsp3) is 0.150. The highest BCUT2D eigenvalue weighted by Gasteiger charge is 2.16. The summed E-state index contributed by atoms with van der Waals surface area (Å²) in [6.07, 6.45) is 4.14. The summed E-state index contributed by atoms with van der Waals surface area (Å²) in [6, 6.07) is 19.0. The van der Waals surface area contributed by atoms with E-state index in [4.69, 9.17) is 0 Å². The molecule has 0 saturated carbocycles. The molecule has 0 saturated heterocycles. The second kappa shape index (κ2) is 8.13. The number of carbonyl (C=O) groups is 1. The number of amides is 1. The summed E-state index contributed by atoms with van der Waals surface area (Å²) in [5.41, 5.74) is 3.38. The molecule has 1 aromatic heterocycles. The SMILES string of the molecule is CNC(=O)c1cc(-c2ccc(SC)cc2)c(-c2ccc(SC)cc2)s1. The second-order valence-electron chi connectivity index (χ2n) is 5.39. The first-order valence-corrected chi connectivity index (χ1v) is 11.1. The van der Waals surface area contributed by atoms with Crippen molar-refractivity contribution in [3.05, 3.63) is 59.5 Å². The second-order valence-corrected chi connectivity index (χ2v) is 8.20. The molecular formula is C20H19NOS3. The zero-order valence-electron chi connectivity index (χ0n) is 14.3. The van der Waals surface area contributed by atoms with Crippen molar-refractivity contribution in [2.24, 2.45) is 0 Å². The van der Waals surface area contributed by atoms with Crippen LogP contribution in [0.3, 0.4) is 0 Å². The summed E-state index contributed by atoms with van der Waals surface area (Å²) in [5.74, 6) is -0.0426. The van der Waals surface area contributed by atoms with Crippen molar-refractivity contribution in [1.29, 1.82) is 0 Å². The van der Waals surface area contributed by atoms with Gasteiger partial charge < -0.3 is 5.32 Å². The van der Waals surface area contributed by atoms with Crippen LogP contribution in [0.1, 0.15) is 9.67 Å². The van der Waals surface area contributed by atoms with Crippen molar-refractivity contribution in [2.45, 2.75) is 9.79 Å². The summed E-state index contributed by atoms with van der Waals surface area (Å²) in [5, 5.41) is 2.73. The molecule has 3 aromatic rings. The molecule has 5 heteroatoms. The zero-order chi connectivity index (χ0) is 17.8. The standard InChI is InChI=1S/C20H19NOS3/c1-21-20(22)18-12-17(13-4-8-15(23-2)9-5-13)19(25-18)14-6-10-16(24-3)11-7-14/h4-12H,1-3H3,(H,21,22). The Labute approximate surface area is 161 Å². The van der Waals surface area contributed by atoms with Crippen LogP contribution < -0.4 is 5.32 Å². The van der Waals surface area contributed by atoms with Crippen LogP contribution in [-0.4, -0.2) is 25.5 Å². The van der Waals surface area contributed by atoms with Crippen LogP contribution in [0.25, 0.3) is 21.6 Å².